The Morgan fingerprint density at radius 1 is 1.03 bits per heavy atom. The fraction of sp³-hybridized carbons (Fsp3) is 0.208. The van der Waals surface area contributed by atoms with Gasteiger partial charge in [-0.2, -0.15) is 4.98 Å². The Morgan fingerprint density at radius 2 is 1.83 bits per heavy atom. The normalized spacial score (nSPS) is 18.7. The van der Waals surface area contributed by atoms with Crippen molar-refractivity contribution in [3.8, 4) is 5.75 Å². The average Bonchev–Trinajstić information content (AvgIpc) is 3.05. The molecule has 29 heavy (non-hydrogen) atoms. The van der Waals surface area contributed by atoms with E-state index in [0.717, 1.165) is 33.4 Å². The largest absolute Gasteiger partial charge is 0.491 e. The van der Waals surface area contributed by atoms with Crippen molar-refractivity contribution in [2.75, 3.05) is 11.9 Å². The van der Waals surface area contributed by atoms with Crippen molar-refractivity contribution in [2.24, 2.45) is 5.92 Å². The molecule has 0 spiro atoms. The number of aromatic nitrogens is 1. The molecule has 3 aromatic carbocycles. The third kappa shape index (κ3) is 3.51. The van der Waals surface area contributed by atoms with Crippen LogP contribution in [0.5, 0.6) is 5.75 Å². The van der Waals surface area contributed by atoms with Crippen LogP contribution in [0, 0.1) is 5.92 Å². The minimum Gasteiger partial charge on any atom is -0.491 e. The average molecular weight is 449 g/mol. The van der Waals surface area contributed by atoms with E-state index in [-0.39, 0.29) is 5.92 Å². The van der Waals surface area contributed by atoms with Gasteiger partial charge in [-0.15, -0.1) is 0 Å². The van der Waals surface area contributed by atoms with Crippen molar-refractivity contribution < 1.29 is 9.15 Å². The first-order valence-electron chi connectivity index (χ1n) is 9.83. The highest BCUT2D eigenvalue weighted by Gasteiger charge is 2.29. The molecule has 5 rings (SSSR count). The van der Waals surface area contributed by atoms with E-state index in [1.165, 1.54) is 11.1 Å². The monoisotopic (exact) mass is 448 g/mol. The van der Waals surface area contributed by atoms with Crippen molar-refractivity contribution in [3.05, 3.63) is 82.3 Å². The maximum Gasteiger partial charge on any atom is 0.300 e. The minimum absolute atomic E-state index is 0.260. The number of para-hydroxylation sites is 2. The zero-order chi connectivity index (χ0) is 19.8. The van der Waals surface area contributed by atoms with Crippen LogP contribution in [0.2, 0.25) is 0 Å². The number of oxazole rings is 1. The lowest BCUT2D eigenvalue weighted by atomic mass is 9.80. The van der Waals surface area contributed by atoms with Crippen molar-refractivity contribution in [3.63, 3.8) is 0 Å². The van der Waals surface area contributed by atoms with Gasteiger partial charge < -0.3 is 14.5 Å². The van der Waals surface area contributed by atoms with Gasteiger partial charge in [0.25, 0.3) is 6.01 Å². The molecule has 0 fully saturated rings. The molecule has 0 radical (unpaired) electrons. The molecule has 4 nitrogen and oxygen atoms in total. The lowest BCUT2D eigenvalue weighted by molar-refractivity contribution is 0.298. The summed E-state index contributed by atoms with van der Waals surface area (Å²) in [6.07, 6.45) is 0.994. The van der Waals surface area contributed by atoms with Gasteiger partial charge in [0, 0.05) is 16.0 Å². The Hall–Kier alpha value is -2.79. The van der Waals surface area contributed by atoms with E-state index in [2.05, 4.69) is 69.6 Å². The fourth-order valence-electron chi connectivity index (χ4n) is 4.13. The molecule has 1 N–H and O–H groups in total. The van der Waals surface area contributed by atoms with Gasteiger partial charge in [0.2, 0.25) is 0 Å². The fourth-order valence-corrected chi connectivity index (χ4v) is 4.60. The van der Waals surface area contributed by atoms with Gasteiger partial charge in [-0.05, 0) is 42.2 Å². The zero-order valence-corrected chi connectivity index (χ0v) is 17.6. The molecule has 1 aliphatic heterocycles. The van der Waals surface area contributed by atoms with E-state index in [4.69, 9.17) is 9.15 Å². The highest BCUT2D eigenvalue weighted by molar-refractivity contribution is 9.10. The Labute approximate surface area is 178 Å². The first-order chi connectivity index (χ1) is 14.2. The number of nitrogens with zero attached hydrogens (tertiary/aromatic N) is 1. The summed E-state index contributed by atoms with van der Waals surface area (Å²) in [6.45, 7) is 2.98. The minimum atomic E-state index is 0.260. The number of hydrogen-bond acceptors (Lipinski definition) is 4. The van der Waals surface area contributed by atoms with E-state index in [9.17, 15) is 0 Å². The molecule has 0 saturated carbocycles. The SMILES string of the molecule is CC1CCOc2c(Nc3nc4ccccc4o3)cc(Br)cc2C1c1ccccc1. The predicted molar refractivity (Wildman–Crippen MR) is 119 cm³/mol. The summed E-state index contributed by atoms with van der Waals surface area (Å²) in [5.41, 5.74) is 4.92. The quantitative estimate of drug-likeness (QED) is 0.370. The second-order valence-electron chi connectivity index (χ2n) is 7.49. The highest BCUT2D eigenvalue weighted by atomic mass is 79.9. The molecule has 5 heteroatoms. The van der Waals surface area contributed by atoms with Crippen LogP contribution < -0.4 is 10.1 Å². The summed E-state index contributed by atoms with van der Waals surface area (Å²) in [5, 5.41) is 3.34. The summed E-state index contributed by atoms with van der Waals surface area (Å²) in [5.74, 6) is 1.59. The molecule has 0 amide bonds. The van der Waals surface area contributed by atoms with E-state index in [1.54, 1.807) is 0 Å². The first-order valence-corrected chi connectivity index (χ1v) is 10.6. The molecule has 2 unspecified atom stereocenters. The maximum absolute atomic E-state index is 6.25. The topological polar surface area (TPSA) is 47.3 Å². The molecule has 0 saturated heterocycles. The third-order valence-electron chi connectivity index (χ3n) is 5.50. The van der Waals surface area contributed by atoms with Crippen molar-refractivity contribution in [1.29, 1.82) is 0 Å². The Balaban J connectivity index is 1.61. The summed E-state index contributed by atoms with van der Waals surface area (Å²) in [4.78, 5) is 4.55. The second kappa shape index (κ2) is 7.56. The molecule has 4 aromatic rings. The first kappa shape index (κ1) is 18.3. The number of anilines is 2. The number of hydrogen-bond donors (Lipinski definition) is 1. The van der Waals surface area contributed by atoms with E-state index in [0.29, 0.717) is 18.5 Å². The van der Waals surface area contributed by atoms with Crippen LogP contribution in [-0.4, -0.2) is 11.6 Å². The summed E-state index contributed by atoms with van der Waals surface area (Å²) < 4.78 is 13.1. The summed E-state index contributed by atoms with van der Waals surface area (Å²) in [6, 6.07) is 23.1. The molecule has 1 aliphatic rings. The van der Waals surface area contributed by atoms with Gasteiger partial charge in [0.05, 0.1) is 12.3 Å². The lowest BCUT2D eigenvalue weighted by Crippen LogP contribution is -2.11. The van der Waals surface area contributed by atoms with Gasteiger partial charge in [-0.25, -0.2) is 0 Å². The zero-order valence-electron chi connectivity index (χ0n) is 16.1. The molecule has 2 heterocycles. The van der Waals surface area contributed by atoms with Gasteiger partial charge in [0.1, 0.15) is 11.3 Å². The Kier molecular flexibility index (Phi) is 4.76. The van der Waals surface area contributed by atoms with Crippen molar-refractivity contribution in [2.45, 2.75) is 19.3 Å². The van der Waals surface area contributed by atoms with Crippen LogP contribution >= 0.6 is 15.9 Å². The lowest BCUT2D eigenvalue weighted by Gasteiger charge is -2.24. The molecule has 146 valence electrons. The molecule has 2 atom stereocenters. The van der Waals surface area contributed by atoms with Crippen molar-refractivity contribution >= 4 is 38.7 Å². The van der Waals surface area contributed by atoms with Crippen LogP contribution in [0.15, 0.2) is 75.6 Å². The predicted octanol–water partition coefficient (Wildman–Crippen LogP) is 6.88. The smallest absolute Gasteiger partial charge is 0.300 e. The Bertz CT molecular complexity index is 1120. The van der Waals surface area contributed by atoms with Gasteiger partial charge in [-0.1, -0.05) is 65.3 Å². The molecule has 0 bridgehead atoms. The van der Waals surface area contributed by atoms with Crippen LogP contribution in [-0.2, 0) is 0 Å². The number of nitrogens with one attached hydrogen (secondary N) is 1. The second-order valence-corrected chi connectivity index (χ2v) is 8.40. The van der Waals surface area contributed by atoms with E-state index >= 15 is 0 Å². The molecular formula is C24H21BrN2O2. The van der Waals surface area contributed by atoms with Gasteiger partial charge in [0.15, 0.2) is 5.58 Å². The number of benzene rings is 3. The van der Waals surface area contributed by atoms with E-state index < -0.39 is 0 Å². The van der Waals surface area contributed by atoms with Gasteiger partial charge >= 0.3 is 0 Å². The summed E-state index contributed by atoms with van der Waals surface area (Å²) in [7, 11) is 0. The van der Waals surface area contributed by atoms with Gasteiger partial charge in [-0.3, -0.25) is 0 Å². The number of halogens is 1. The standard InChI is InChI=1S/C24H21BrN2O2/c1-15-11-12-28-23-18(22(15)16-7-3-2-4-8-16)13-17(25)14-20(23)27-24-26-19-9-5-6-10-21(19)29-24/h2-10,13-15,22H,11-12H2,1H3,(H,26,27). The van der Waals surface area contributed by atoms with Crippen LogP contribution in [0.25, 0.3) is 11.1 Å². The number of rotatable bonds is 3. The Morgan fingerprint density at radius 3 is 2.66 bits per heavy atom. The van der Waals surface area contributed by atoms with Crippen molar-refractivity contribution in [1.82, 2.24) is 4.98 Å². The maximum atomic E-state index is 6.25. The molecule has 0 aliphatic carbocycles. The molecular weight excluding hydrogens is 428 g/mol. The summed E-state index contributed by atoms with van der Waals surface area (Å²) >= 11 is 3.69. The number of fused-ring (bicyclic) bond motifs is 2. The molecule has 1 aromatic heterocycles. The van der Waals surface area contributed by atoms with Crippen LogP contribution in [0.4, 0.5) is 11.7 Å². The van der Waals surface area contributed by atoms with E-state index in [1.807, 2.05) is 30.3 Å². The third-order valence-corrected chi connectivity index (χ3v) is 5.96. The van der Waals surface area contributed by atoms with Crippen LogP contribution in [0.3, 0.4) is 0 Å². The highest BCUT2D eigenvalue weighted by Crippen LogP contribution is 2.46. The van der Waals surface area contributed by atoms with Crippen LogP contribution in [0.1, 0.15) is 30.4 Å². The number of ether oxygens (including phenoxy) is 1.